The van der Waals surface area contributed by atoms with Gasteiger partial charge in [0.1, 0.15) is 0 Å². The predicted octanol–water partition coefficient (Wildman–Crippen LogP) is 1.82. The van der Waals surface area contributed by atoms with Crippen molar-refractivity contribution in [2.24, 2.45) is 15.7 Å². The topological polar surface area (TPSA) is 95.1 Å². The van der Waals surface area contributed by atoms with Crippen molar-refractivity contribution in [3.8, 4) is 0 Å². The summed E-state index contributed by atoms with van der Waals surface area (Å²) in [6, 6.07) is 13.5. The van der Waals surface area contributed by atoms with Gasteiger partial charge in [-0.2, -0.15) is 0 Å². The Kier molecular flexibility index (Phi) is 3.47. The van der Waals surface area contributed by atoms with E-state index in [4.69, 9.17) is 5.73 Å². The predicted molar refractivity (Wildman–Crippen MR) is 103 cm³/mol. The van der Waals surface area contributed by atoms with Crippen LogP contribution in [0.3, 0.4) is 0 Å². The zero-order valence-corrected chi connectivity index (χ0v) is 14.9. The molecule has 0 bridgehead atoms. The van der Waals surface area contributed by atoms with E-state index in [1.54, 1.807) is 11.9 Å². The van der Waals surface area contributed by atoms with Crippen LogP contribution in [0.2, 0.25) is 0 Å². The fraction of sp³-hybridized carbons (Fsp3) is 0.211. The van der Waals surface area contributed by atoms with Gasteiger partial charge >= 0.3 is 0 Å². The Morgan fingerprint density at radius 2 is 1.77 bits per heavy atom. The van der Waals surface area contributed by atoms with Crippen molar-refractivity contribution >= 4 is 29.2 Å². The van der Waals surface area contributed by atoms with Crippen molar-refractivity contribution < 1.29 is 4.79 Å². The van der Waals surface area contributed by atoms with Crippen LogP contribution in [0.15, 0.2) is 52.4 Å². The Labute approximate surface area is 151 Å². The lowest BCUT2D eigenvalue weighted by molar-refractivity contribution is -0.122. The van der Waals surface area contributed by atoms with Crippen LogP contribution in [0.1, 0.15) is 16.7 Å². The number of guanidine groups is 2. The largest absolute Gasteiger partial charge is 0.370 e. The molecule has 7 heteroatoms. The highest BCUT2D eigenvalue weighted by Gasteiger charge is 2.52. The summed E-state index contributed by atoms with van der Waals surface area (Å²) >= 11 is 0. The van der Waals surface area contributed by atoms with Crippen molar-refractivity contribution in [2.75, 3.05) is 17.3 Å². The van der Waals surface area contributed by atoms with Crippen LogP contribution >= 0.6 is 0 Å². The van der Waals surface area contributed by atoms with Gasteiger partial charge in [-0.15, -0.1) is 0 Å². The summed E-state index contributed by atoms with van der Waals surface area (Å²) in [7, 11) is 1.72. The molecule has 1 spiro atoms. The van der Waals surface area contributed by atoms with Crippen LogP contribution in [0.4, 0.5) is 11.4 Å². The van der Waals surface area contributed by atoms with Crippen molar-refractivity contribution in [2.45, 2.75) is 19.5 Å². The smallest absolute Gasteiger partial charge is 0.282 e. The Morgan fingerprint density at radius 1 is 1.08 bits per heavy atom. The molecule has 0 fully saturated rings. The molecule has 1 atom stereocenters. The average Bonchev–Trinajstić information content (AvgIpc) is 2.81. The van der Waals surface area contributed by atoms with E-state index in [1.165, 1.54) is 0 Å². The molecule has 2 heterocycles. The molecule has 132 valence electrons. The number of nitrogens with zero attached hydrogens (tertiary/aromatic N) is 3. The zero-order chi connectivity index (χ0) is 18.5. The molecule has 2 aromatic rings. The fourth-order valence-electron chi connectivity index (χ4n) is 3.46. The summed E-state index contributed by atoms with van der Waals surface area (Å²) in [4.78, 5) is 23.6. The van der Waals surface area contributed by atoms with E-state index in [0.717, 1.165) is 28.1 Å². The highest BCUT2D eigenvalue weighted by molar-refractivity contribution is 6.14. The quantitative estimate of drug-likeness (QED) is 0.732. The number of hydrogen-bond donors (Lipinski definition) is 3. The van der Waals surface area contributed by atoms with Gasteiger partial charge in [0.2, 0.25) is 5.96 Å². The number of carbonyl (C=O) groups excluding carboxylic acids is 1. The van der Waals surface area contributed by atoms with Gasteiger partial charge in [-0.05, 0) is 31.0 Å². The summed E-state index contributed by atoms with van der Waals surface area (Å²) in [5.74, 6) is 0.310. The van der Waals surface area contributed by atoms with E-state index in [2.05, 4.69) is 20.6 Å². The van der Waals surface area contributed by atoms with Crippen molar-refractivity contribution in [1.82, 2.24) is 5.32 Å². The molecular weight excluding hydrogens is 328 g/mol. The van der Waals surface area contributed by atoms with Crippen molar-refractivity contribution in [3.05, 3.63) is 59.2 Å². The monoisotopic (exact) mass is 348 g/mol. The van der Waals surface area contributed by atoms with Gasteiger partial charge in [-0.1, -0.05) is 36.4 Å². The number of aliphatic imine (C=N–C) groups is 2. The number of aryl methyl sites for hydroxylation is 2. The first-order valence-electron chi connectivity index (χ1n) is 8.35. The van der Waals surface area contributed by atoms with E-state index in [9.17, 15) is 4.79 Å². The van der Waals surface area contributed by atoms with E-state index in [0.29, 0.717) is 5.96 Å². The summed E-state index contributed by atoms with van der Waals surface area (Å²) in [5.41, 5.74) is 9.20. The van der Waals surface area contributed by atoms with E-state index < -0.39 is 5.66 Å². The molecule has 2 aliphatic heterocycles. The van der Waals surface area contributed by atoms with Gasteiger partial charge < -0.3 is 16.0 Å². The number of nitrogens with one attached hydrogen (secondary N) is 2. The van der Waals surface area contributed by atoms with Gasteiger partial charge in [0.05, 0.1) is 5.69 Å². The minimum atomic E-state index is -1.39. The number of amides is 1. The molecule has 26 heavy (non-hydrogen) atoms. The molecule has 2 aliphatic rings. The molecule has 0 unspecified atom stereocenters. The lowest BCUT2D eigenvalue weighted by Gasteiger charge is -2.27. The Morgan fingerprint density at radius 3 is 2.50 bits per heavy atom. The first-order chi connectivity index (χ1) is 12.4. The lowest BCUT2D eigenvalue weighted by atomic mass is 10.0. The molecule has 0 aliphatic carbocycles. The zero-order valence-electron chi connectivity index (χ0n) is 14.9. The molecule has 1 amide bonds. The van der Waals surface area contributed by atoms with E-state index in [1.807, 2.05) is 56.3 Å². The maximum Gasteiger partial charge on any atom is 0.282 e. The summed E-state index contributed by atoms with van der Waals surface area (Å²) in [6.45, 7) is 4.02. The molecule has 7 nitrogen and oxygen atoms in total. The lowest BCUT2D eigenvalue weighted by Crippen LogP contribution is -2.50. The van der Waals surface area contributed by atoms with Crippen LogP contribution in [0, 0.1) is 13.8 Å². The standard InChI is InChI=1S/C19H20N6O/c1-11-7-6-8-12(2)15(11)21-18-22-17(20)23-19(24-18)13-9-4-5-10-14(13)25(3)16(19)26/h4-10H,1-3H3,(H4,20,21,22,23,24)/t19-/m0/s1. The van der Waals surface area contributed by atoms with Gasteiger partial charge in [0.25, 0.3) is 11.6 Å². The molecule has 0 aromatic heterocycles. The number of para-hydroxylation sites is 2. The number of likely N-dealkylation sites (N-methyl/N-ethyl adjacent to an activating group) is 1. The van der Waals surface area contributed by atoms with Gasteiger partial charge in [0.15, 0.2) is 5.96 Å². The molecule has 2 aromatic carbocycles. The molecule has 0 saturated carbocycles. The second-order valence-corrected chi connectivity index (χ2v) is 6.53. The normalized spacial score (nSPS) is 21.2. The van der Waals surface area contributed by atoms with Crippen LogP contribution in [0.25, 0.3) is 0 Å². The SMILES string of the molecule is Cc1cccc(C)c1NC1=N[C@]2(N=C(N)N1)C(=O)N(C)c1ccccc12. The van der Waals surface area contributed by atoms with Gasteiger partial charge in [0, 0.05) is 18.3 Å². The fourth-order valence-corrected chi connectivity index (χ4v) is 3.46. The number of benzene rings is 2. The summed E-state index contributed by atoms with van der Waals surface area (Å²) < 4.78 is 0. The summed E-state index contributed by atoms with van der Waals surface area (Å²) in [6.07, 6.45) is 0. The third-order valence-corrected chi connectivity index (χ3v) is 4.77. The average molecular weight is 348 g/mol. The number of anilines is 2. The minimum absolute atomic E-state index is 0.146. The minimum Gasteiger partial charge on any atom is -0.370 e. The van der Waals surface area contributed by atoms with E-state index >= 15 is 0 Å². The Balaban J connectivity index is 1.83. The summed E-state index contributed by atoms with van der Waals surface area (Å²) in [5, 5.41) is 6.21. The van der Waals surface area contributed by atoms with Gasteiger partial charge in [-0.3, -0.25) is 10.1 Å². The maximum absolute atomic E-state index is 13.0. The first kappa shape index (κ1) is 16.1. The van der Waals surface area contributed by atoms with Crippen molar-refractivity contribution in [3.63, 3.8) is 0 Å². The first-order valence-corrected chi connectivity index (χ1v) is 8.35. The highest BCUT2D eigenvalue weighted by atomic mass is 16.2. The number of hydrogen-bond acceptors (Lipinski definition) is 6. The van der Waals surface area contributed by atoms with Gasteiger partial charge in [-0.25, -0.2) is 9.98 Å². The second kappa shape index (κ2) is 5.59. The van der Waals surface area contributed by atoms with Crippen LogP contribution in [-0.4, -0.2) is 24.9 Å². The molecular formula is C19H20N6O. The molecule has 0 radical (unpaired) electrons. The number of nitrogens with two attached hydrogens (primary N) is 1. The molecule has 4 N–H and O–H groups in total. The highest BCUT2D eigenvalue weighted by Crippen LogP contribution is 2.43. The molecule has 4 rings (SSSR count). The third-order valence-electron chi connectivity index (χ3n) is 4.77. The molecule has 0 saturated heterocycles. The van der Waals surface area contributed by atoms with Crippen LogP contribution in [-0.2, 0) is 10.5 Å². The number of carbonyl (C=O) groups is 1. The Hall–Kier alpha value is -3.35. The van der Waals surface area contributed by atoms with Crippen LogP contribution < -0.4 is 21.3 Å². The second-order valence-electron chi connectivity index (χ2n) is 6.53. The number of fused-ring (bicyclic) bond motifs is 2. The van der Waals surface area contributed by atoms with Crippen molar-refractivity contribution in [1.29, 1.82) is 0 Å². The van der Waals surface area contributed by atoms with Crippen LogP contribution in [0.5, 0.6) is 0 Å². The maximum atomic E-state index is 13.0. The van der Waals surface area contributed by atoms with E-state index in [-0.39, 0.29) is 11.9 Å². The third kappa shape index (κ3) is 2.24. The Bertz CT molecular complexity index is 959. The number of rotatable bonds is 1.